The van der Waals surface area contributed by atoms with Crippen LogP contribution in [0.2, 0.25) is 0 Å². The minimum Gasteiger partial charge on any atom is -0.378 e. The van der Waals surface area contributed by atoms with E-state index >= 15 is 0 Å². The number of ether oxygens (including phenoxy) is 2. The van der Waals surface area contributed by atoms with Crippen molar-refractivity contribution in [3.63, 3.8) is 0 Å². The van der Waals surface area contributed by atoms with Crippen LogP contribution in [-0.2, 0) is 9.47 Å². The lowest BCUT2D eigenvalue weighted by atomic mass is 10.0. The molecule has 2 saturated carbocycles. The first kappa shape index (κ1) is 29.2. The van der Waals surface area contributed by atoms with Crippen LogP contribution in [0.4, 0.5) is 0 Å². The van der Waals surface area contributed by atoms with Crippen LogP contribution in [0.25, 0.3) is 0 Å². The van der Waals surface area contributed by atoms with E-state index in [1.807, 2.05) is 0 Å². The summed E-state index contributed by atoms with van der Waals surface area (Å²) >= 11 is 0. The third kappa shape index (κ3) is 16.3. The van der Waals surface area contributed by atoms with E-state index in [9.17, 15) is 0 Å². The predicted molar refractivity (Wildman–Crippen MR) is 144 cm³/mol. The predicted octanol–water partition coefficient (Wildman–Crippen LogP) is 10.2. The van der Waals surface area contributed by atoms with Gasteiger partial charge in [0.1, 0.15) is 0 Å². The molecule has 2 unspecified atom stereocenters. The second-order valence-corrected chi connectivity index (χ2v) is 11.4. The molecule has 2 aliphatic carbocycles. The zero-order valence-electron chi connectivity index (χ0n) is 22.6. The molecule has 0 aromatic heterocycles. The van der Waals surface area contributed by atoms with Crippen molar-refractivity contribution in [3.8, 4) is 0 Å². The molecule has 33 heavy (non-hydrogen) atoms. The summed E-state index contributed by atoms with van der Waals surface area (Å²) in [4.78, 5) is 0. The highest BCUT2D eigenvalue weighted by Crippen LogP contribution is 2.27. The lowest BCUT2D eigenvalue weighted by Crippen LogP contribution is -2.18. The molecule has 2 nitrogen and oxygen atoms in total. The number of unbranched alkanes of at least 4 members (excludes halogenated alkanes) is 13. The highest BCUT2D eigenvalue weighted by molar-refractivity contribution is 4.72. The molecule has 2 rings (SSSR count). The Hall–Kier alpha value is -0.0800. The van der Waals surface area contributed by atoms with Gasteiger partial charge in [-0.15, -0.1) is 0 Å². The van der Waals surface area contributed by atoms with Crippen LogP contribution < -0.4 is 0 Å². The van der Waals surface area contributed by atoms with Crippen LogP contribution >= 0.6 is 0 Å². The maximum Gasteiger partial charge on any atom is 0.0575 e. The molecule has 0 amide bonds. The largest absolute Gasteiger partial charge is 0.378 e. The van der Waals surface area contributed by atoms with E-state index in [1.54, 1.807) is 0 Å². The Morgan fingerprint density at radius 2 is 0.970 bits per heavy atom. The van der Waals surface area contributed by atoms with Crippen molar-refractivity contribution in [1.29, 1.82) is 0 Å². The quantitative estimate of drug-likeness (QED) is 0.140. The van der Waals surface area contributed by atoms with Crippen LogP contribution in [0, 0.1) is 5.92 Å². The highest BCUT2D eigenvalue weighted by atomic mass is 16.5. The third-order valence-corrected chi connectivity index (χ3v) is 8.26. The summed E-state index contributed by atoms with van der Waals surface area (Å²) in [6, 6.07) is 0. The van der Waals surface area contributed by atoms with Gasteiger partial charge in [0.05, 0.1) is 12.2 Å². The average molecular weight is 465 g/mol. The van der Waals surface area contributed by atoms with Crippen LogP contribution in [0.3, 0.4) is 0 Å². The Morgan fingerprint density at radius 1 is 0.455 bits per heavy atom. The van der Waals surface area contributed by atoms with Crippen molar-refractivity contribution >= 4 is 0 Å². The van der Waals surface area contributed by atoms with E-state index in [0.29, 0.717) is 12.2 Å². The molecule has 2 aliphatic rings. The molecule has 0 bridgehead atoms. The molecule has 0 N–H and O–H groups in total. The molecule has 0 heterocycles. The monoisotopic (exact) mass is 464 g/mol. The molecule has 2 atom stereocenters. The standard InChI is InChI=1S/C31H60O2/c1-2-3-4-5-6-7-8-9-10-11-12-13-16-19-27-32-31-24-20-21-29(25-26-31)28-33-30-22-17-14-15-18-23-30/h29-31H,2-28H2,1H3. The fraction of sp³-hybridized carbons (Fsp3) is 1.00. The Balaban J connectivity index is 1.34. The van der Waals surface area contributed by atoms with Gasteiger partial charge in [0.15, 0.2) is 0 Å². The first-order chi connectivity index (χ1) is 16.4. The van der Waals surface area contributed by atoms with Crippen LogP contribution in [0.1, 0.15) is 167 Å². The topological polar surface area (TPSA) is 18.5 Å². The fourth-order valence-corrected chi connectivity index (χ4v) is 5.91. The van der Waals surface area contributed by atoms with Crippen molar-refractivity contribution in [2.45, 2.75) is 180 Å². The van der Waals surface area contributed by atoms with Gasteiger partial charge in [0, 0.05) is 13.2 Å². The van der Waals surface area contributed by atoms with Gasteiger partial charge in [-0.3, -0.25) is 0 Å². The summed E-state index contributed by atoms with van der Waals surface area (Å²) in [6.45, 7) is 4.30. The van der Waals surface area contributed by atoms with E-state index in [4.69, 9.17) is 9.47 Å². The first-order valence-corrected chi connectivity index (χ1v) is 15.6. The second-order valence-electron chi connectivity index (χ2n) is 11.4. The minimum atomic E-state index is 0.523. The van der Waals surface area contributed by atoms with Crippen molar-refractivity contribution in [1.82, 2.24) is 0 Å². The average Bonchev–Trinajstić information content (AvgIpc) is 3.23. The van der Waals surface area contributed by atoms with Gasteiger partial charge >= 0.3 is 0 Å². The van der Waals surface area contributed by atoms with E-state index in [0.717, 1.165) is 19.1 Å². The summed E-state index contributed by atoms with van der Waals surface area (Å²) < 4.78 is 12.6. The molecule has 0 aliphatic heterocycles. The van der Waals surface area contributed by atoms with Crippen molar-refractivity contribution in [3.05, 3.63) is 0 Å². The van der Waals surface area contributed by atoms with Crippen LogP contribution in [0.15, 0.2) is 0 Å². The Kier molecular flexibility index (Phi) is 18.7. The SMILES string of the molecule is CCCCCCCCCCCCCCCCOC1CCCC(COC2CCCCCC2)CC1. The molecule has 0 radical (unpaired) electrons. The number of rotatable bonds is 19. The molecular weight excluding hydrogens is 404 g/mol. The van der Waals surface area contributed by atoms with Crippen molar-refractivity contribution in [2.75, 3.05) is 13.2 Å². The molecule has 0 saturated heterocycles. The molecular formula is C31H60O2. The number of hydrogen-bond donors (Lipinski definition) is 0. The maximum absolute atomic E-state index is 6.34. The zero-order chi connectivity index (χ0) is 23.2. The molecule has 196 valence electrons. The minimum absolute atomic E-state index is 0.523. The van der Waals surface area contributed by atoms with E-state index in [2.05, 4.69) is 6.92 Å². The third-order valence-electron chi connectivity index (χ3n) is 8.26. The van der Waals surface area contributed by atoms with Gasteiger partial charge in [-0.2, -0.15) is 0 Å². The van der Waals surface area contributed by atoms with E-state index in [1.165, 1.54) is 161 Å². The van der Waals surface area contributed by atoms with Gasteiger partial charge in [-0.05, 0) is 50.9 Å². The fourth-order valence-electron chi connectivity index (χ4n) is 5.91. The summed E-state index contributed by atoms with van der Waals surface area (Å²) in [5.74, 6) is 0.780. The van der Waals surface area contributed by atoms with Gasteiger partial charge in [0.2, 0.25) is 0 Å². The summed E-state index contributed by atoms with van der Waals surface area (Å²) in [7, 11) is 0. The second kappa shape index (κ2) is 21.2. The summed E-state index contributed by atoms with van der Waals surface area (Å²) in [6.07, 6.45) is 35.8. The van der Waals surface area contributed by atoms with Gasteiger partial charge in [-0.25, -0.2) is 0 Å². The maximum atomic E-state index is 6.34. The summed E-state index contributed by atoms with van der Waals surface area (Å²) in [5, 5.41) is 0. The molecule has 0 aromatic carbocycles. The van der Waals surface area contributed by atoms with Crippen molar-refractivity contribution < 1.29 is 9.47 Å². The van der Waals surface area contributed by atoms with Gasteiger partial charge in [-0.1, -0.05) is 122 Å². The Labute approximate surface area is 208 Å². The molecule has 2 fully saturated rings. The smallest absolute Gasteiger partial charge is 0.0575 e. The molecule has 0 spiro atoms. The Morgan fingerprint density at radius 3 is 1.58 bits per heavy atom. The van der Waals surface area contributed by atoms with Crippen molar-refractivity contribution in [2.24, 2.45) is 5.92 Å². The van der Waals surface area contributed by atoms with Gasteiger partial charge < -0.3 is 9.47 Å². The molecule has 2 heteroatoms. The summed E-state index contributed by atoms with van der Waals surface area (Å²) in [5.41, 5.74) is 0. The normalized spacial score (nSPS) is 22.8. The number of hydrogen-bond acceptors (Lipinski definition) is 2. The lowest BCUT2D eigenvalue weighted by molar-refractivity contribution is 0.0138. The van der Waals surface area contributed by atoms with E-state index in [-0.39, 0.29) is 0 Å². The first-order valence-electron chi connectivity index (χ1n) is 15.6. The highest BCUT2D eigenvalue weighted by Gasteiger charge is 2.21. The zero-order valence-corrected chi connectivity index (χ0v) is 22.6. The van der Waals surface area contributed by atoms with Crippen LogP contribution in [-0.4, -0.2) is 25.4 Å². The van der Waals surface area contributed by atoms with Gasteiger partial charge in [0.25, 0.3) is 0 Å². The van der Waals surface area contributed by atoms with Crippen LogP contribution in [0.5, 0.6) is 0 Å². The lowest BCUT2D eigenvalue weighted by Gasteiger charge is -2.20. The Bertz CT molecular complexity index is 402. The van der Waals surface area contributed by atoms with E-state index < -0.39 is 0 Å². The molecule has 0 aromatic rings.